The van der Waals surface area contributed by atoms with E-state index in [4.69, 9.17) is 0 Å². The molecule has 2 unspecified atom stereocenters. The smallest absolute Gasteiger partial charge is 0.115 e. The molecule has 92 valence electrons. The molecule has 0 bridgehead atoms. The molecule has 0 saturated heterocycles. The fourth-order valence-corrected chi connectivity index (χ4v) is 2.20. The normalized spacial score (nSPS) is 13.8. The summed E-state index contributed by atoms with van der Waals surface area (Å²) in [4.78, 5) is 0. The summed E-state index contributed by atoms with van der Waals surface area (Å²) in [6.45, 7) is 10.3. The number of aromatic hydroxyl groups is 1. The second-order valence-electron chi connectivity index (χ2n) is 4.83. The summed E-state index contributed by atoms with van der Waals surface area (Å²) >= 11 is 0. The molecule has 0 spiro atoms. The van der Waals surface area contributed by atoms with Crippen LogP contribution < -0.4 is 0 Å². The Morgan fingerprint density at radius 2 is 1.88 bits per heavy atom. The largest absolute Gasteiger partial charge is 0.508 e. The molecule has 2 atom stereocenters. The highest BCUT2D eigenvalue weighted by atomic mass is 16.3. The van der Waals surface area contributed by atoms with Crippen LogP contribution in [0.3, 0.4) is 0 Å². The van der Waals surface area contributed by atoms with E-state index in [1.807, 2.05) is 18.2 Å². The van der Waals surface area contributed by atoms with Gasteiger partial charge in [0.05, 0.1) is 0 Å². The van der Waals surface area contributed by atoms with Gasteiger partial charge >= 0.3 is 0 Å². The summed E-state index contributed by atoms with van der Waals surface area (Å²) in [7, 11) is 0. The van der Waals surface area contributed by atoms with Crippen molar-refractivity contribution in [1.82, 2.24) is 0 Å². The maximum atomic E-state index is 9.32. The average Bonchev–Trinajstić information content (AvgIpc) is 2.26. The Labute approximate surface area is 104 Å². The minimum atomic E-state index is 0.320. The first kappa shape index (κ1) is 13.6. The molecule has 0 fully saturated rings. The van der Waals surface area contributed by atoms with Gasteiger partial charge in [-0.25, -0.2) is 0 Å². The number of benzene rings is 1. The fraction of sp³-hybridized carbons (Fsp3) is 0.375. The summed E-state index contributed by atoms with van der Waals surface area (Å²) in [5.74, 6) is 1.23. The topological polar surface area (TPSA) is 20.2 Å². The molecular formula is C16H22O. The van der Waals surface area contributed by atoms with Gasteiger partial charge in [0.15, 0.2) is 0 Å². The molecule has 0 aliphatic rings. The highest BCUT2D eigenvalue weighted by Gasteiger charge is 2.16. The van der Waals surface area contributed by atoms with E-state index in [1.54, 1.807) is 12.1 Å². The molecule has 0 aromatic heterocycles. The minimum Gasteiger partial charge on any atom is -0.508 e. The van der Waals surface area contributed by atoms with Crippen molar-refractivity contribution in [2.24, 2.45) is 5.92 Å². The van der Waals surface area contributed by atoms with Crippen LogP contribution in [-0.4, -0.2) is 5.11 Å². The second-order valence-corrected chi connectivity index (χ2v) is 4.83. The van der Waals surface area contributed by atoms with Crippen LogP contribution in [0.4, 0.5) is 0 Å². The molecule has 0 radical (unpaired) electrons. The second kappa shape index (κ2) is 6.29. The van der Waals surface area contributed by atoms with Crippen LogP contribution in [0.2, 0.25) is 0 Å². The van der Waals surface area contributed by atoms with Crippen LogP contribution in [0.25, 0.3) is 0 Å². The lowest BCUT2D eigenvalue weighted by molar-refractivity contribution is 0.474. The molecule has 1 heteroatoms. The maximum absolute atomic E-state index is 9.32. The van der Waals surface area contributed by atoms with Gasteiger partial charge in [0, 0.05) is 0 Å². The van der Waals surface area contributed by atoms with E-state index in [-0.39, 0.29) is 0 Å². The fourth-order valence-electron chi connectivity index (χ4n) is 2.20. The van der Waals surface area contributed by atoms with Crippen LogP contribution in [0.15, 0.2) is 48.6 Å². The quantitative estimate of drug-likeness (QED) is 0.730. The first-order valence-corrected chi connectivity index (χ1v) is 6.09. The van der Waals surface area contributed by atoms with Crippen LogP contribution in [0.5, 0.6) is 5.75 Å². The van der Waals surface area contributed by atoms with Crippen LogP contribution in [0.1, 0.15) is 38.7 Å². The Morgan fingerprint density at radius 3 is 2.35 bits per heavy atom. The molecule has 0 heterocycles. The van der Waals surface area contributed by atoms with Gasteiger partial charge in [0.1, 0.15) is 5.75 Å². The number of allylic oxidation sites excluding steroid dienone is 3. The SMILES string of the molecule is C=CCC(c1ccc(O)cc1)C(C)C=C(C)C. The average molecular weight is 230 g/mol. The van der Waals surface area contributed by atoms with Crippen molar-refractivity contribution in [3.05, 3.63) is 54.1 Å². The molecule has 0 aliphatic carbocycles. The third kappa shape index (κ3) is 4.10. The van der Waals surface area contributed by atoms with Crippen LogP contribution >= 0.6 is 0 Å². The summed E-state index contributed by atoms with van der Waals surface area (Å²) in [5.41, 5.74) is 2.60. The van der Waals surface area contributed by atoms with E-state index in [0.717, 1.165) is 6.42 Å². The molecule has 17 heavy (non-hydrogen) atoms. The molecular weight excluding hydrogens is 208 g/mol. The van der Waals surface area contributed by atoms with Gasteiger partial charge in [-0.15, -0.1) is 6.58 Å². The summed E-state index contributed by atoms with van der Waals surface area (Å²) in [6.07, 6.45) is 5.21. The number of phenols is 1. The maximum Gasteiger partial charge on any atom is 0.115 e. The Kier molecular flexibility index (Phi) is 5.02. The number of hydrogen-bond acceptors (Lipinski definition) is 1. The van der Waals surface area contributed by atoms with Gasteiger partial charge in [-0.3, -0.25) is 0 Å². The lowest BCUT2D eigenvalue weighted by Gasteiger charge is -2.21. The van der Waals surface area contributed by atoms with Crippen molar-refractivity contribution in [3.63, 3.8) is 0 Å². The number of hydrogen-bond donors (Lipinski definition) is 1. The predicted octanol–water partition coefficient (Wildman–Crippen LogP) is 4.65. The molecule has 1 N–H and O–H groups in total. The van der Waals surface area contributed by atoms with E-state index >= 15 is 0 Å². The lowest BCUT2D eigenvalue weighted by atomic mass is 9.84. The Morgan fingerprint density at radius 1 is 1.29 bits per heavy atom. The zero-order chi connectivity index (χ0) is 12.8. The zero-order valence-electron chi connectivity index (χ0n) is 11.0. The summed E-state index contributed by atoms with van der Waals surface area (Å²) in [5, 5.41) is 9.32. The summed E-state index contributed by atoms with van der Waals surface area (Å²) < 4.78 is 0. The number of phenolic OH excluding ortho intramolecular Hbond substituents is 1. The van der Waals surface area contributed by atoms with E-state index < -0.39 is 0 Å². The third-order valence-electron chi connectivity index (χ3n) is 2.97. The van der Waals surface area contributed by atoms with Crippen molar-refractivity contribution < 1.29 is 5.11 Å². The van der Waals surface area contributed by atoms with Crippen LogP contribution in [-0.2, 0) is 0 Å². The van der Waals surface area contributed by atoms with E-state index in [2.05, 4.69) is 33.4 Å². The van der Waals surface area contributed by atoms with Gasteiger partial charge in [-0.05, 0) is 49.8 Å². The van der Waals surface area contributed by atoms with Gasteiger partial charge in [0.2, 0.25) is 0 Å². The zero-order valence-corrected chi connectivity index (χ0v) is 11.0. The van der Waals surface area contributed by atoms with Crippen molar-refractivity contribution in [3.8, 4) is 5.75 Å². The van der Waals surface area contributed by atoms with Gasteiger partial charge < -0.3 is 5.11 Å². The molecule has 0 aliphatic heterocycles. The minimum absolute atomic E-state index is 0.320. The van der Waals surface area contributed by atoms with Crippen molar-refractivity contribution in [2.75, 3.05) is 0 Å². The van der Waals surface area contributed by atoms with E-state index in [1.165, 1.54) is 11.1 Å². The number of rotatable bonds is 5. The Hall–Kier alpha value is -1.50. The van der Waals surface area contributed by atoms with Gasteiger partial charge in [-0.1, -0.05) is 36.8 Å². The first-order chi connectivity index (χ1) is 8.04. The van der Waals surface area contributed by atoms with E-state index in [0.29, 0.717) is 17.6 Å². The highest BCUT2D eigenvalue weighted by molar-refractivity contribution is 5.29. The monoisotopic (exact) mass is 230 g/mol. The predicted molar refractivity (Wildman–Crippen MR) is 74.3 cm³/mol. The molecule has 1 rings (SSSR count). The lowest BCUT2D eigenvalue weighted by Crippen LogP contribution is -2.07. The molecule has 1 aromatic rings. The molecule has 1 nitrogen and oxygen atoms in total. The molecule has 1 aromatic carbocycles. The van der Waals surface area contributed by atoms with Crippen molar-refractivity contribution >= 4 is 0 Å². The van der Waals surface area contributed by atoms with Crippen LogP contribution in [0, 0.1) is 5.92 Å². The van der Waals surface area contributed by atoms with E-state index in [9.17, 15) is 5.11 Å². The van der Waals surface area contributed by atoms with Gasteiger partial charge in [-0.2, -0.15) is 0 Å². The summed E-state index contributed by atoms with van der Waals surface area (Å²) in [6, 6.07) is 7.50. The standard InChI is InChI=1S/C16H22O/c1-5-6-16(13(4)11-12(2)3)14-7-9-15(17)10-8-14/h5,7-11,13,16-17H,1,6H2,2-4H3. The first-order valence-electron chi connectivity index (χ1n) is 6.09. The Balaban J connectivity index is 2.96. The Bertz CT molecular complexity index is 382. The van der Waals surface area contributed by atoms with Crippen molar-refractivity contribution in [1.29, 1.82) is 0 Å². The van der Waals surface area contributed by atoms with Gasteiger partial charge in [0.25, 0.3) is 0 Å². The molecule has 0 amide bonds. The van der Waals surface area contributed by atoms with Crippen molar-refractivity contribution in [2.45, 2.75) is 33.1 Å². The third-order valence-corrected chi connectivity index (χ3v) is 2.97. The molecule has 0 saturated carbocycles. The highest BCUT2D eigenvalue weighted by Crippen LogP contribution is 2.31.